The van der Waals surface area contributed by atoms with E-state index in [4.69, 9.17) is 4.74 Å². The Labute approximate surface area is 116 Å². The normalized spacial score (nSPS) is 21.9. The molecule has 1 aliphatic rings. The van der Waals surface area contributed by atoms with Crippen LogP contribution in [0.4, 0.5) is 5.69 Å². The predicted octanol–water partition coefficient (Wildman–Crippen LogP) is 2.10. The highest BCUT2D eigenvalue weighted by Crippen LogP contribution is 2.33. The van der Waals surface area contributed by atoms with Gasteiger partial charge < -0.3 is 15.2 Å². The first kappa shape index (κ1) is 12.9. The van der Waals surface area contributed by atoms with Gasteiger partial charge in [-0.1, -0.05) is 6.07 Å². The molecule has 0 unspecified atom stereocenters. The van der Waals surface area contributed by atoms with E-state index in [1.54, 1.807) is 6.20 Å². The molecule has 3 rings (SSSR count). The van der Waals surface area contributed by atoms with Crippen LogP contribution >= 0.6 is 0 Å². The fraction of sp³-hybridized carbons (Fsp3) is 0.333. The van der Waals surface area contributed by atoms with Gasteiger partial charge in [0, 0.05) is 24.1 Å². The second-order valence-electron chi connectivity index (χ2n) is 5.01. The number of amides is 1. The van der Waals surface area contributed by atoms with Crippen molar-refractivity contribution >= 4 is 23.0 Å². The van der Waals surface area contributed by atoms with E-state index in [2.05, 4.69) is 10.3 Å². The number of aliphatic hydroxyl groups is 1. The molecule has 5 nitrogen and oxygen atoms in total. The highest BCUT2D eigenvalue weighted by molar-refractivity contribution is 5.88. The number of hydrogen-bond donors (Lipinski definition) is 2. The highest BCUT2D eigenvalue weighted by atomic mass is 16.5. The Morgan fingerprint density at radius 1 is 1.40 bits per heavy atom. The largest absolute Gasteiger partial charge is 0.488 e. The van der Waals surface area contributed by atoms with Crippen molar-refractivity contribution in [2.75, 3.05) is 5.32 Å². The summed E-state index contributed by atoms with van der Waals surface area (Å²) in [4.78, 5) is 15.0. The van der Waals surface area contributed by atoms with Crippen molar-refractivity contribution in [3.05, 3.63) is 30.5 Å². The van der Waals surface area contributed by atoms with Gasteiger partial charge in [0.25, 0.3) is 0 Å². The molecule has 0 radical (unpaired) electrons. The number of carbonyl (C=O) groups is 1. The van der Waals surface area contributed by atoms with Crippen LogP contribution < -0.4 is 10.1 Å². The van der Waals surface area contributed by atoms with Crippen molar-refractivity contribution in [3.8, 4) is 5.75 Å². The zero-order chi connectivity index (χ0) is 13.9. The predicted molar refractivity (Wildman–Crippen MR) is 75.7 cm³/mol. The van der Waals surface area contributed by atoms with Crippen LogP contribution in [0.3, 0.4) is 0 Å². The molecule has 1 amide bonds. The van der Waals surface area contributed by atoms with Gasteiger partial charge in [-0.05, 0) is 25.0 Å². The van der Waals surface area contributed by atoms with E-state index in [0.29, 0.717) is 24.3 Å². The SMILES string of the molecule is O=CNc1cc2cccnc2cc1O[C@@H]1CC[C@@H](O)C1. The van der Waals surface area contributed by atoms with Crippen molar-refractivity contribution in [3.63, 3.8) is 0 Å². The average Bonchev–Trinajstić information content (AvgIpc) is 2.85. The quantitative estimate of drug-likeness (QED) is 0.836. The van der Waals surface area contributed by atoms with E-state index in [0.717, 1.165) is 23.7 Å². The second-order valence-corrected chi connectivity index (χ2v) is 5.01. The highest BCUT2D eigenvalue weighted by Gasteiger charge is 2.25. The van der Waals surface area contributed by atoms with Crippen LogP contribution in [0.5, 0.6) is 5.75 Å². The van der Waals surface area contributed by atoms with E-state index in [9.17, 15) is 9.90 Å². The topological polar surface area (TPSA) is 71.5 Å². The maximum absolute atomic E-state index is 10.7. The number of nitrogens with zero attached hydrogens (tertiary/aromatic N) is 1. The van der Waals surface area contributed by atoms with Crippen LogP contribution in [0.25, 0.3) is 10.9 Å². The van der Waals surface area contributed by atoms with E-state index in [-0.39, 0.29) is 12.2 Å². The van der Waals surface area contributed by atoms with Crippen molar-refractivity contribution in [2.24, 2.45) is 0 Å². The summed E-state index contributed by atoms with van der Waals surface area (Å²) in [6.45, 7) is 0. The van der Waals surface area contributed by atoms with Gasteiger partial charge in [-0.3, -0.25) is 9.78 Å². The summed E-state index contributed by atoms with van der Waals surface area (Å²) in [6, 6.07) is 7.45. The number of benzene rings is 1. The van der Waals surface area contributed by atoms with E-state index in [1.807, 2.05) is 24.3 Å². The molecule has 1 fully saturated rings. The van der Waals surface area contributed by atoms with Gasteiger partial charge in [0.15, 0.2) is 0 Å². The van der Waals surface area contributed by atoms with E-state index < -0.39 is 0 Å². The van der Waals surface area contributed by atoms with Gasteiger partial charge in [0.05, 0.1) is 17.3 Å². The summed E-state index contributed by atoms with van der Waals surface area (Å²) >= 11 is 0. The van der Waals surface area contributed by atoms with Crippen molar-refractivity contribution in [1.82, 2.24) is 4.98 Å². The minimum absolute atomic E-state index is 0.0154. The molecule has 104 valence electrons. The van der Waals surface area contributed by atoms with Gasteiger partial charge in [0.2, 0.25) is 6.41 Å². The molecular formula is C15H16N2O3. The number of ether oxygens (including phenoxy) is 1. The summed E-state index contributed by atoms with van der Waals surface area (Å²) in [5, 5.41) is 13.2. The molecule has 20 heavy (non-hydrogen) atoms. The third-order valence-electron chi connectivity index (χ3n) is 3.57. The van der Waals surface area contributed by atoms with Crippen LogP contribution in [0.2, 0.25) is 0 Å². The molecule has 0 saturated heterocycles. The van der Waals surface area contributed by atoms with Crippen LogP contribution in [0.15, 0.2) is 30.5 Å². The van der Waals surface area contributed by atoms with E-state index >= 15 is 0 Å². The standard InChI is InChI=1S/C15H16N2O3/c18-9-17-14-6-10-2-1-5-16-13(10)8-15(14)20-12-4-3-11(19)7-12/h1-2,5-6,8-9,11-12,19H,3-4,7H2,(H,17,18)/t11-,12-/m1/s1. The van der Waals surface area contributed by atoms with Gasteiger partial charge in [-0.25, -0.2) is 0 Å². The molecule has 1 aromatic carbocycles. The van der Waals surface area contributed by atoms with Crippen molar-refractivity contribution < 1.29 is 14.6 Å². The van der Waals surface area contributed by atoms with Crippen LogP contribution in [-0.4, -0.2) is 28.7 Å². The summed E-state index contributed by atoms with van der Waals surface area (Å²) < 4.78 is 5.92. The second kappa shape index (κ2) is 5.46. The number of rotatable bonds is 4. The first-order chi connectivity index (χ1) is 9.76. The molecular weight excluding hydrogens is 256 g/mol. The number of hydrogen-bond acceptors (Lipinski definition) is 4. The molecule has 0 spiro atoms. The summed E-state index contributed by atoms with van der Waals surface area (Å²) in [5.74, 6) is 0.599. The molecule has 0 bridgehead atoms. The molecule has 1 aromatic heterocycles. The van der Waals surface area contributed by atoms with Crippen LogP contribution in [0.1, 0.15) is 19.3 Å². The van der Waals surface area contributed by atoms with Gasteiger partial charge in [-0.15, -0.1) is 0 Å². The fourth-order valence-corrected chi connectivity index (χ4v) is 2.58. The number of aromatic nitrogens is 1. The van der Waals surface area contributed by atoms with Crippen LogP contribution in [-0.2, 0) is 4.79 Å². The Balaban J connectivity index is 1.94. The lowest BCUT2D eigenvalue weighted by Gasteiger charge is -2.16. The van der Waals surface area contributed by atoms with Crippen LogP contribution in [0, 0.1) is 0 Å². The number of aliphatic hydroxyl groups excluding tert-OH is 1. The first-order valence-corrected chi connectivity index (χ1v) is 6.70. The Hall–Kier alpha value is -2.14. The molecule has 2 aromatic rings. The number of anilines is 1. The third-order valence-corrected chi connectivity index (χ3v) is 3.57. The molecule has 1 heterocycles. The zero-order valence-corrected chi connectivity index (χ0v) is 11.0. The zero-order valence-electron chi connectivity index (χ0n) is 11.0. The lowest BCUT2D eigenvalue weighted by molar-refractivity contribution is -0.105. The Kier molecular flexibility index (Phi) is 3.52. The number of pyridine rings is 1. The number of nitrogens with one attached hydrogen (secondary N) is 1. The minimum atomic E-state index is -0.291. The summed E-state index contributed by atoms with van der Waals surface area (Å²) in [5.41, 5.74) is 1.44. The molecule has 2 N–H and O–H groups in total. The molecule has 1 aliphatic carbocycles. The molecule has 0 aliphatic heterocycles. The number of fused-ring (bicyclic) bond motifs is 1. The van der Waals surface area contributed by atoms with Gasteiger partial charge >= 0.3 is 0 Å². The average molecular weight is 272 g/mol. The Bertz CT molecular complexity index is 630. The van der Waals surface area contributed by atoms with Crippen molar-refractivity contribution in [1.29, 1.82) is 0 Å². The molecule has 2 atom stereocenters. The third kappa shape index (κ3) is 2.58. The van der Waals surface area contributed by atoms with Gasteiger partial charge in [-0.2, -0.15) is 0 Å². The lowest BCUT2D eigenvalue weighted by Crippen LogP contribution is -2.14. The maximum Gasteiger partial charge on any atom is 0.211 e. The number of carbonyl (C=O) groups excluding carboxylic acids is 1. The minimum Gasteiger partial charge on any atom is -0.488 e. The maximum atomic E-state index is 10.7. The summed E-state index contributed by atoms with van der Waals surface area (Å²) in [6.07, 6.45) is 4.25. The van der Waals surface area contributed by atoms with Crippen molar-refractivity contribution in [2.45, 2.75) is 31.5 Å². The monoisotopic (exact) mass is 272 g/mol. The molecule has 5 heteroatoms. The first-order valence-electron chi connectivity index (χ1n) is 6.70. The lowest BCUT2D eigenvalue weighted by atomic mass is 10.2. The Morgan fingerprint density at radius 2 is 2.30 bits per heavy atom. The Morgan fingerprint density at radius 3 is 3.05 bits per heavy atom. The molecule has 1 saturated carbocycles. The fourth-order valence-electron chi connectivity index (χ4n) is 2.58. The summed E-state index contributed by atoms with van der Waals surface area (Å²) in [7, 11) is 0. The smallest absolute Gasteiger partial charge is 0.211 e. The van der Waals surface area contributed by atoms with E-state index in [1.165, 1.54) is 0 Å². The van der Waals surface area contributed by atoms with Gasteiger partial charge in [0.1, 0.15) is 11.9 Å².